The number of hydrogen-bond acceptors (Lipinski definition) is 5. The lowest BCUT2D eigenvalue weighted by molar-refractivity contribution is -0.256. The molecule has 0 saturated carbocycles. The van der Waals surface area contributed by atoms with E-state index in [-0.39, 0.29) is 17.9 Å². The van der Waals surface area contributed by atoms with E-state index in [4.69, 9.17) is 14.9 Å². The molecule has 0 spiro atoms. The summed E-state index contributed by atoms with van der Waals surface area (Å²) >= 11 is 0. The summed E-state index contributed by atoms with van der Waals surface area (Å²) in [6.45, 7) is 5.05. The van der Waals surface area contributed by atoms with Gasteiger partial charge in [-0.2, -0.15) is 0 Å². The number of aliphatic hydroxyl groups excluding tert-OH is 2. The van der Waals surface area contributed by atoms with Gasteiger partial charge in [-0.1, -0.05) is 6.92 Å². The van der Waals surface area contributed by atoms with Crippen LogP contribution in [0.1, 0.15) is 20.8 Å². The number of rotatable bonds is 1. The molecule has 3 N–H and O–H groups in total. The SMILES string of the molecule is CC(=N)OC1OC(C)C(C)C(O)C1O. The van der Waals surface area contributed by atoms with Crippen molar-refractivity contribution < 1.29 is 19.7 Å². The number of aliphatic hydroxyl groups is 2. The van der Waals surface area contributed by atoms with Crippen molar-refractivity contribution in [2.75, 3.05) is 0 Å². The minimum atomic E-state index is -1.10. The molecule has 0 bridgehead atoms. The van der Waals surface area contributed by atoms with Crippen molar-refractivity contribution in [3.63, 3.8) is 0 Å². The molecule has 1 aliphatic rings. The lowest BCUT2D eigenvalue weighted by atomic mass is 9.92. The molecule has 1 heterocycles. The van der Waals surface area contributed by atoms with Crippen LogP contribution in [0.5, 0.6) is 0 Å². The first-order valence-electron chi connectivity index (χ1n) is 4.67. The summed E-state index contributed by atoms with van der Waals surface area (Å²) in [5.74, 6) is -0.182. The van der Waals surface area contributed by atoms with Crippen molar-refractivity contribution in [1.82, 2.24) is 0 Å². The third-order valence-electron chi connectivity index (χ3n) is 2.55. The van der Waals surface area contributed by atoms with Crippen LogP contribution < -0.4 is 0 Å². The summed E-state index contributed by atoms with van der Waals surface area (Å²) in [7, 11) is 0. The van der Waals surface area contributed by atoms with Gasteiger partial charge in [-0.15, -0.1) is 0 Å². The summed E-state index contributed by atoms with van der Waals surface area (Å²) in [6.07, 6.45) is -3.10. The fourth-order valence-electron chi connectivity index (χ4n) is 1.44. The van der Waals surface area contributed by atoms with Crippen molar-refractivity contribution in [3.8, 4) is 0 Å². The molecule has 1 saturated heterocycles. The molecule has 5 atom stereocenters. The second-order valence-electron chi connectivity index (χ2n) is 3.72. The van der Waals surface area contributed by atoms with Gasteiger partial charge in [0, 0.05) is 12.8 Å². The lowest BCUT2D eigenvalue weighted by Gasteiger charge is -2.39. The fraction of sp³-hybridized carbons (Fsp3) is 0.889. The van der Waals surface area contributed by atoms with E-state index in [0.29, 0.717) is 0 Å². The number of nitrogens with one attached hydrogen (secondary N) is 1. The third kappa shape index (κ3) is 2.23. The molecule has 82 valence electrons. The Morgan fingerprint density at radius 3 is 2.36 bits per heavy atom. The first-order valence-corrected chi connectivity index (χ1v) is 4.67. The number of hydrogen-bond donors (Lipinski definition) is 3. The molecule has 0 amide bonds. The summed E-state index contributed by atoms with van der Waals surface area (Å²) in [5.41, 5.74) is 0. The Morgan fingerprint density at radius 1 is 1.29 bits per heavy atom. The smallest absolute Gasteiger partial charge is 0.230 e. The van der Waals surface area contributed by atoms with Gasteiger partial charge in [-0.05, 0) is 6.92 Å². The van der Waals surface area contributed by atoms with Crippen molar-refractivity contribution in [3.05, 3.63) is 0 Å². The van der Waals surface area contributed by atoms with Crippen LogP contribution in [0.15, 0.2) is 0 Å². The maximum atomic E-state index is 9.62. The van der Waals surface area contributed by atoms with Crippen LogP contribution in [0.3, 0.4) is 0 Å². The first kappa shape index (κ1) is 11.4. The molecule has 1 aliphatic heterocycles. The van der Waals surface area contributed by atoms with E-state index in [1.165, 1.54) is 6.92 Å². The van der Waals surface area contributed by atoms with E-state index in [1.54, 1.807) is 13.8 Å². The van der Waals surface area contributed by atoms with E-state index < -0.39 is 18.5 Å². The van der Waals surface area contributed by atoms with Gasteiger partial charge in [0.15, 0.2) is 5.90 Å². The van der Waals surface area contributed by atoms with Crippen LogP contribution in [-0.2, 0) is 9.47 Å². The van der Waals surface area contributed by atoms with Crippen LogP contribution in [0, 0.1) is 11.3 Å². The summed E-state index contributed by atoms with van der Waals surface area (Å²) in [6, 6.07) is 0. The second-order valence-corrected chi connectivity index (χ2v) is 3.72. The average molecular weight is 203 g/mol. The van der Waals surface area contributed by atoms with Gasteiger partial charge < -0.3 is 19.7 Å². The Labute approximate surface area is 83.2 Å². The van der Waals surface area contributed by atoms with E-state index >= 15 is 0 Å². The normalized spacial score (nSPS) is 43.4. The first-order chi connectivity index (χ1) is 6.43. The Bertz CT molecular complexity index is 221. The van der Waals surface area contributed by atoms with E-state index in [1.807, 2.05) is 0 Å². The Morgan fingerprint density at radius 2 is 1.86 bits per heavy atom. The standard InChI is InChI=1S/C9H17NO4/c1-4-5(2)13-9(14-6(3)10)8(12)7(4)11/h4-5,7-12H,1-3H3. The molecule has 1 fully saturated rings. The van der Waals surface area contributed by atoms with Crippen molar-refractivity contribution in [2.45, 2.75) is 45.4 Å². The van der Waals surface area contributed by atoms with Crippen LogP contribution in [-0.4, -0.2) is 40.7 Å². The molecule has 0 aliphatic carbocycles. The highest BCUT2D eigenvalue weighted by Crippen LogP contribution is 2.26. The molecule has 0 aromatic rings. The Kier molecular flexibility index (Phi) is 3.47. The van der Waals surface area contributed by atoms with Crippen molar-refractivity contribution in [1.29, 1.82) is 5.41 Å². The monoisotopic (exact) mass is 203 g/mol. The zero-order valence-electron chi connectivity index (χ0n) is 8.60. The average Bonchev–Trinajstić information content (AvgIpc) is 2.10. The van der Waals surface area contributed by atoms with Crippen LogP contribution in [0.25, 0.3) is 0 Å². The minimum absolute atomic E-state index is 0.0389. The largest absolute Gasteiger partial charge is 0.450 e. The summed E-state index contributed by atoms with van der Waals surface area (Å²) in [5, 5.41) is 26.3. The summed E-state index contributed by atoms with van der Waals surface area (Å²) in [4.78, 5) is 0. The predicted octanol–water partition coefficient (Wildman–Crippen LogP) is 0.103. The molecule has 5 heteroatoms. The quantitative estimate of drug-likeness (QED) is 0.417. The van der Waals surface area contributed by atoms with Gasteiger partial charge in [-0.3, -0.25) is 5.41 Å². The van der Waals surface area contributed by atoms with E-state index in [9.17, 15) is 10.2 Å². The lowest BCUT2D eigenvalue weighted by Crippen LogP contribution is -2.53. The fourth-order valence-corrected chi connectivity index (χ4v) is 1.44. The molecule has 5 nitrogen and oxygen atoms in total. The predicted molar refractivity (Wildman–Crippen MR) is 50.0 cm³/mol. The van der Waals surface area contributed by atoms with Gasteiger partial charge >= 0.3 is 0 Å². The van der Waals surface area contributed by atoms with Crippen molar-refractivity contribution in [2.24, 2.45) is 5.92 Å². The zero-order valence-corrected chi connectivity index (χ0v) is 8.60. The van der Waals surface area contributed by atoms with Crippen LogP contribution >= 0.6 is 0 Å². The molecular weight excluding hydrogens is 186 g/mol. The van der Waals surface area contributed by atoms with E-state index in [2.05, 4.69) is 0 Å². The number of ether oxygens (including phenoxy) is 2. The molecule has 0 aromatic carbocycles. The topological polar surface area (TPSA) is 82.8 Å². The molecule has 14 heavy (non-hydrogen) atoms. The van der Waals surface area contributed by atoms with Gasteiger partial charge in [-0.25, -0.2) is 0 Å². The summed E-state index contributed by atoms with van der Waals surface area (Å²) < 4.78 is 10.3. The van der Waals surface area contributed by atoms with Gasteiger partial charge in [0.25, 0.3) is 0 Å². The maximum Gasteiger partial charge on any atom is 0.230 e. The highest BCUT2D eigenvalue weighted by atomic mass is 16.7. The van der Waals surface area contributed by atoms with Gasteiger partial charge in [0.05, 0.1) is 12.2 Å². The Balaban J connectivity index is 2.65. The van der Waals surface area contributed by atoms with Gasteiger partial charge in [0.1, 0.15) is 6.10 Å². The van der Waals surface area contributed by atoms with Crippen LogP contribution in [0.4, 0.5) is 0 Å². The Hall–Kier alpha value is -0.650. The molecule has 0 aromatic heterocycles. The zero-order chi connectivity index (χ0) is 10.9. The minimum Gasteiger partial charge on any atom is -0.450 e. The highest BCUT2D eigenvalue weighted by Gasteiger charge is 2.41. The van der Waals surface area contributed by atoms with Gasteiger partial charge in [0.2, 0.25) is 6.29 Å². The molecule has 1 rings (SSSR count). The maximum absolute atomic E-state index is 9.62. The third-order valence-corrected chi connectivity index (χ3v) is 2.55. The van der Waals surface area contributed by atoms with E-state index in [0.717, 1.165) is 0 Å². The molecule has 0 radical (unpaired) electrons. The molecule has 5 unspecified atom stereocenters. The second kappa shape index (κ2) is 4.25. The highest BCUT2D eigenvalue weighted by molar-refractivity contribution is 5.69. The van der Waals surface area contributed by atoms with Crippen LogP contribution in [0.2, 0.25) is 0 Å². The molecular formula is C9H17NO4. The van der Waals surface area contributed by atoms with Crippen molar-refractivity contribution >= 4 is 5.90 Å².